The van der Waals surface area contributed by atoms with Crippen LogP contribution in [0.2, 0.25) is 5.02 Å². The summed E-state index contributed by atoms with van der Waals surface area (Å²) in [7, 11) is 0. The summed E-state index contributed by atoms with van der Waals surface area (Å²) >= 11 is 5.92. The van der Waals surface area contributed by atoms with Crippen LogP contribution in [0.3, 0.4) is 0 Å². The maximum absolute atomic E-state index is 9.45. The van der Waals surface area contributed by atoms with Crippen molar-refractivity contribution < 1.29 is 9.63 Å². The summed E-state index contributed by atoms with van der Waals surface area (Å²) in [5.74, 6) is 1.01. The Labute approximate surface area is 109 Å². The quantitative estimate of drug-likeness (QED) is 0.866. The molecule has 1 saturated heterocycles. The van der Waals surface area contributed by atoms with Crippen molar-refractivity contribution >= 4 is 11.6 Å². The van der Waals surface area contributed by atoms with E-state index < -0.39 is 0 Å². The molecule has 1 aliphatic heterocycles. The van der Waals surface area contributed by atoms with Crippen LogP contribution in [-0.4, -0.2) is 27.9 Å². The molecule has 1 fully saturated rings. The van der Waals surface area contributed by atoms with Gasteiger partial charge in [-0.1, -0.05) is 28.9 Å². The second-order valence-electron chi connectivity index (χ2n) is 4.32. The Morgan fingerprint density at radius 1 is 1.44 bits per heavy atom. The van der Waals surface area contributed by atoms with Crippen LogP contribution in [0.15, 0.2) is 28.8 Å². The molecule has 94 valence electrons. The van der Waals surface area contributed by atoms with Crippen molar-refractivity contribution in [3.05, 3.63) is 35.2 Å². The average molecular weight is 266 g/mol. The zero-order chi connectivity index (χ0) is 12.5. The van der Waals surface area contributed by atoms with Crippen LogP contribution >= 0.6 is 11.6 Å². The van der Waals surface area contributed by atoms with E-state index >= 15 is 0 Å². The summed E-state index contributed by atoms with van der Waals surface area (Å²) in [5.41, 5.74) is 0.816. The lowest BCUT2D eigenvalue weighted by molar-refractivity contribution is 0.191. The number of rotatable bonds is 2. The zero-order valence-electron chi connectivity index (χ0n) is 9.51. The van der Waals surface area contributed by atoms with Gasteiger partial charge < -0.3 is 14.9 Å². The Balaban J connectivity index is 1.85. The van der Waals surface area contributed by atoms with Crippen molar-refractivity contribution in [1.82, 2.24) is 15.5 Å². The number of aromatic nitrogens is 2. The molecule has 0 aliphatic carbocycles. The predicted octanol–water partition coefficient (Wildman–Crippen LogP) is 1.79. The number of aliphatic hydroxyl groups excluding tert-OH is 1. The van der Waals surface area contributed by atoms with Gasteiger partial charge >= 0.3 is 0 Å². The van der Waals surface area contributed by atoms with Gasteiger partial charge in [0.1, 0.15) is 0 Å². The van der Waals surface area contributed by atoms with Gasteiger partial charge in [-0.3, -0.25) is 0 Å². The summed E-state index contributed by atoms with van der Waals surface area (Å²) in [4.78, 5) is 4.33. The van der Waals surface area contributed by atoms with Crippen LogP contribution in [0.5, 0.6) is 0 Å². The maximum atomic E-state index is 9.45. The maximum Gasteiger partial charge on any atom is 0.244 e. The average Bonchev–Trinajstić information content (AvgIpc) is 2.97. The molecule has 0 saturated carbocycles. The van der Waals surface area contributed by atoms with E-state index in [-0.39, 0.29) is 12.1 Å². The Hall–Kier alpha value is -1.43. The second-order valence-corrected chi connectivity index (χ2v) is 4.75. The summed E-state index contributed by atoms with van der Waals surface area (Å²) in [6.07, 6.45) is 0.244. The first-order valence-electron chi connectivity index (χ1n) is 5.73. The van der Waals surface area contributed by atoms with Gasteiger partial charge in [0.25, 0.3) is 0 Å². The highest BCUT2D eigenvalue weighted by Gasteiger charge is 2.28. The van der Waals surface area contributed by atoms with Crippen molar-refractivity contribution in [3.8, 4) is 11.4 Å². The van der Waals surface area contributed by atoms with E-state index in [4.69, 9.17) is 16.1 Å². The molecule has 3 rings (SSSR count). The van der Waals surface area contributed by atoms with Crippen LogP contribution in [0.25, 0.3) is 11.4 Å². The molecule has 2 atom stereocenters. The standard InChI is InChI=1S/C12H12ClN3O2/c13-8-3-1-2-7(4-8)11-15-12(18-16-11)10-5-9(17)6-14-10/h1-4,9-10,14,17H,5-6H2/t9-,10+/m0/s1. The van der Waals surface area contributed by atoms with E-state index in [9.17, 15) is 5.11 Å². The number of β-amino-alcohol motifs (C(OH)–C–C–N with tert-alkyl or cyclic N) is 1. The van der Waals surface area contributed by atoms with Crippen LogP contribution in [-0.2, 0) is 0 Å². The normalized spacial score (nSPS) is 23.4. The monoisotopic (exact) mass is 265 g/mol. The summed E-state index contributed by atoms with van der Waals surface area (Å²) in [6.45, 7) is 0.555. The largest absolute Gasteiger partial charge is 0.392 e. The molecule has 1 aliphatic rings. The number of hydrogen-bond donors (Lipinski definition) is 2. The van der Waals surface area contributed by atoms with Crippen molar-refractivity contribution in [3.63, 3.8) is 0 Å². The minimum atomic E-state index is -0.350. The molecule has 1 aromatic heterocycles. The molecule has 1 aromatic carbocycles. The number of hydrogen-bond acceptors (Lipinski definition) is 5. The fourth-order valence-corrected chi connectivity index (χ4v) is 2.22. The van der Waals surface area contributed by atoms with Gasteiger partial charge in [0.05, 0.1) is 12.1 Å². The highest BCUT2D eigenvalue weighted by Crippen LogP contribution is 2.25. The van der Waals surface area contributed by atoms with E-state index in [1.807, 2.05) is 12.1 Å². The van der Waals surface area contributed by atoms with E-state index in [2.05, 4.69) is 15.5 Å². The first-order valence-corrected chi connectivity index (χ1v) is 6.11. The molecule has 0 bridgehead atoms. The third kappa shape index (κ3) is 2.25. The smallest absolute Gasteiger partial charge is 0.244 e. The minimum Gasteiger partial charge on any atom is -0.392 e. The number of benzene rings is 1. The topological polar surface area (TPSA) is 71.2 Å². The van der Waals surface area contributed by atoms with Crippen molar-refractivity contribution in [2.24, 2.45) is 0 Å². The number of aliphatic hydroxyl groups is 1. The predicted molar refractivity (Wildman–Crippen MR) is 66.1 cm³/mol. The molecular formula is C12H12ClN3O2. The molecular weight excluding hydrogens is 254 g/mol. The van der Waals surface area contributed by atoms with Crippen LogP contribution in [0.4, 0.5) is 0 Å². The Morgan fingerprint density at radius 3 is 3.06 bits per heavy atom. The fraction of sp³-hybridized carbons (Fsp3) is 0.333. The second kappa shape index (κ2) is 4.68. The van der Waals surface area contributed by atoms with Crippen molar-refractivity contribution in [2.45, 2.75) is 18.6 Å². The van der Waals surface area contributed by atoms with Crippen LogP contribution in [0, 0.1) is 0 Å². The summed E-state index contributed by atoms with van der Waals surface area (Å²) < 4.78 is 5.21. The fourth-order valence-electron chi connectivity index (χ4n) is 2.03. The van der Waals surface area contributed by atoms with E-state index in [0.717, 1.165) is 5.56 Å². The summed E-state index contributed by atoms with van der Waals surface area (Å²) in [6, 6.07) is 7.22. The molecule has 0 radical (unpaired) electrons. The van der Waals surface area contributed by atoms with Crippen molar-refractivity contribution in [1.29, 1.82) is 0 Å². The highest BCUT2D eigenvalue weighted by molar-refractivity contribution is 6.30. The molecule has 6 heteroatoms. The van der Waals surface area contributed by atoms with Gasteiger partial charge in [-0.05, 0) is 18.6 Å². The lowest BCUT2D eigenvalue weighted by atomic mass is 10.2. The molecule has 0 unspecified atom stereocenters. The third-order valence-electron chi connectivity index (χ3n) is 2.93. The zero-order valence-corrected chi connectivity index (χ0v) is 10.3. The Bertz CT molecular complexity index is 558. The van der Waals surface area contributed by atoms with E-state index in [1.165, 1.54) is 0 Å². The molecule has 5 nitrogen and oxygen atoms in total. The first-order chi connectivity index (χ1) is 8.72. The number of halogens is 1. The van der Waals surface area contributed by atoms with Gasteiger partial charge in [0.15, 0.2) is 0 Å². The molecule has 2 heterocycles. The van der Waals surface area contributed by atoms with Gasteiger partial charge in [-0.2, -0.15) is 4.98 Å². The van der Waals surface area contributed by atoms with E-state index in [0.29, 0.717) is 29.7 Å². The van der Waals surface area contributed by atoms with Crippen LogP contribution in [0.1, 0.15) is 18.4 Å². The molecule has 2 aromatic rings. The molecule has 0 amide bonds. The van der Waals surface area contributed by atoms with Gasteiger partial charge in [-0.15, -0.1) is 0 Å². The first kappa shape index (κ1) is 11.6. The van der Waals surface area contributed by atoms with Gasteiger partial charge in [0.2, 0.25) is 11.7 Å². The number of nitrogens with zero attached hydrogens (tertiary/aromatic N) is 2. The summed E-state index contributed by atoms with van der Waals surface area (Å²) in [5, 5.41) is 17.1. The SMILES string of the molecule is O[C@@H]1CN[C@@H](c2nc(-c3cccc(Cl)c3)no2)C1. The van der Waals surface area contributed by atoms with E-state index in [1.54, 1.807) is 12.1 Å². The Kier molecular flexibility index (Phi) is 3.03. The minimum absolute atomic E-state index is 0.0690. The highest BCUT2D eigenvalue weighted by atomic mass is 35.5. The lowest BCUT2D eigenvalue weighted by Gasteiger charge is -2.01. The molecule has 0 spiro atoms. The Morgan fingerprint density at radius 2 is 2.33 bits per heavy atom. The lowest BCUT2D eigenvalue weighted by Crippen LogP contribution is -2.15. The molecule has 18 heavy (non-hydrogen) atoms. The van der Waals surface area contributed by atoms with Gasteiger partial charge in [-0.25, -0.2) is 0 Å². The van der Waals surface area contributed by atoms with Gasteiger partial charge in [0, 0.05) is 17.1 Å². The molecule has 2 N–H and O–H groups in total. The number of nitrogens with one attached hydrogen (secondary N) is 1. The van der Waals surface area contributed by atoms with Crippen molar-refractivity contribution in [2.75, 3.05) is 6.54 Å². The van der Waals surface area contributed by atoms with Crippen LogP contribution < -0.4 is 5.32 Å². The third-order valence-corrected chi connectivity index (χ3v) is 3.17.